The highest BCUT2D eigenvalue weighted by Crippen LogP contribution is 2.23. The summed E-state index contributed by atoms with van der Waals surface area (Å²) in [7, 11) is 3.17. The molecular formula is C28H32N4O4. The van der Waals surface area contributed by atoms with Crippen LogP contribution in [-0.2, 0) is 13.1 Å². The molecule has 2 aromatic carbocycles. The topological polar surface area (TPSA) is 88.7 Å². The van der Waals surface area contributed by atoms with Gasteiger partial charge in [-0.1, -0.05) is 6.07 Å². The Morgan fingerprint density at radius 3 is 2.69 bits per heavy atom. The number of piperidine rings is 1. The van der Waals surface area contributed by atoms with Crippen LogP contribution in [0.5, 0.6) is 5.75 Å². The molecule has 1 saturated heterocycles. The average molecular weight is 489 g/mol. The van der Waals surface area contributed by atoms with Crippen molar-refractivity contribution < 1.29 is 13.9 Å². The fraction of sp³-hybridized carbons (Fsp3) is 0.357. The fourth-order valence-corrected chi connectivity index (χ4v) is 5.03. The van der Waals surface area contributed by atoms with Gasteiger partial charge in [0.2, 0.25) is 0 Å². The van der Waals surface area contributed by atoms with Gasteiger partial charge in [0.15, 0.2) is 0 Å². The summed E-state index contributed by atoms with van der Waals surface area (Å²) in [5, 5.41) is 8.19. The summed E-state index contributed by atoms with van der Waals surface area (Å²) in [5.74, 6) is 0.386. The number of fused-ring (bicyclic) bond motifs is 2. The van der Waals surface area contributed by atoms with E-state index in [4.69, 9.17) is 9.15 Å². The molecule has 2 N–H and O–H groups in total. The summed E-state index contributed by atoms with van der Waals surface area (Å²) in [6.45, 7) is 4.12. The Morgan fingerprint density at radius 2 is 1.92 bits per heavy atom. The molecule has 2 aromatic heterocycles. The van der Waals surface area contributed by atoms with Crippen LogP contribution >= 0.6 is 0 Å². The number of rotatable bonds is 8. The average Bonchev–Trinajstić information content (AvgIpc) is 3.39. The lowest BCUT2D eigenvalue weighted by Crippen LogP contribution is -2.43. The minimum Gasteiger partial charge on any atom is -0.497 e. The van der Waals surface area contributed by atoms with E-state index in [1.807, 2.05) is 30.3 Å². The lowest BCUT2D eigenvalue weighted by Gasteiger charge is -2.32. The molecule has 0 atom stereocenters. The van der Waals surface area contributed by atoms with Crippen molar-refractivity contribution in [3.8, 4) is 5.75 Å². The monoisotopic (exact) mass is 488 g/mol. The number of ether oxygens (including phenoxy) is 1. The molecule has 0 unspecified atom stereocenters. The van der Waals surface area contributed by atoms with Gasteiger partial charge in [-0.15, -0.1) is 0 Å². The zero-order valence-corrected chi connectivity index (χ0v) is 20.8. The number of carbonyl (C=O) groups is 1. The third-order valence-electron chi connectivity index (χ3n) is 7.13. The lowest BCUT2D eigenvalue weighted by atomic mass is 10.0. The van der Waals surface area contributed by atoms with Crippen molar-refractivity contribution in [1.29, 1.82) is 0 Å². The number of methoxy groups -OCH3 is 1. The third kappa shape index (κ3) is 5.01. The largest absolute Gasteiger partial charge is 0.497 e. The highest BCUT2D eigenvalue weighted by Gasteiger charge is 2.20. The molecule has 0 aliphatic carbocycles. The highest BCUT2D eigenvalue weighted by atomic mass is 16.5. The molecule has 1 aliphatic heterocycles. The number of nitrogens with zero attached hydrogens (tertiary/aromatic N) is 2. The Hall–Kier alpha value is -3.62. The Balaban J connectivity index is 1.21. The van der Waals surface area contributed by atoms with E-state index in [0.29, 0.717) is 29.4 Å². The van der Waals surface area contributed by atoms with Gasteiger partial charge in [-0.25, -0.2) is 0 Å². The fourth-order valence-electron chi connectivity index (χ4n) is 5.03. The minimum atomic E-state index is -0.270. The van der Waals surface area contributed by atoms with E-state index in [1.165, 1.54) is 11.6 Å². The molecule has 0 radical (unpaired) electrons. The number of carbonyl (C=O) groups excluding carboxylic acids is 1. The van der Waals surface area contributed by atoms with Crippen LogP contribution in [0.3, 0.4) is 0 Å². The molecule has 8 heteroatoms. The van der Waals surface area contributed by atoms with Gasteiger partial charge in [0.1, 0.15) is 11.3 Å². The van der Waals surface area contributed by atoms with Crippen LogP contribution in [0.2, 0.25) is 0 Å². The van der Waals surface area contributed by atoms with E-state index in [-0.39, 0.29) is 11.5 Å². The molecule has 4 aromatic rings. The number of hydrogen-bond donors (Lipinski definition) is 2. The molecule has 188 valence electrons. The number of pyridine rings is 1. The van der Waals surface area contributed by atoms with E-state index in [1.54, 1.807) is 25.0 Å². The quantitative estimate of drug-likeness (QED) is 0.395. The van der Waals surface area contributed by atoms with Gasteiger partial charge < -0.3 is 29.3 Å². The van der Waals surface area contributed by atoms with Gasteiger partial charge in [-0.2, -0.15) is 0 Å². The van der Waals surface area contributed by atoms with Crippen LogP contribution in [0, 0.1) is 0 Å². The number of amides is 1. The van der Waals surface area contributed by atoms with Crippen LogP contribution < -0.4 is 20.9 Å². The third-order valence-corrected chi connectivity index (χ3v) is 7.13. The number of likely N-dealkylation sites (tertiary alicyclic amines) is 1. The van der Waals surface area contributed by atoms with Crippen molar-refractivity contribution in [2.75, 3.05) is 33.8 Å². The van der Waals surface area contributed by atoms with E-state index in [9.17, 15) is 9.59 Å². The van der Waals surface area contributed by atoms with Crippen molar-refractivity contribution in [3.05, 3.63) is 76.3 Å². The number of benzene rings is 2. The molecule has 8 nitrogen and oxygen atoms in total. The second-order valence-electron chi connectivity index (χ2n) is 9.30. The molecule has 0 saturated carbocycles. The second kappa shape index (κ2) is 10.6. The maximum atomic E-state index is 13.0. The van der Waals surface area contributed by atoms with E-state index in [2.05, 4.69) is 27.7 Å². The van der Waals surface area contributed by atoms with E-state index >= 15 is 0 Å². The zero-order valence-electron chi connectivity index (χ0n) is 20.8. The van der Waals surface area contributed by atoms with E-state index < -0.39 is 0 Å². The van der Waals surface area contributed by atoms with Crippen LogP contribution in [0.4, 0.5) is 0 Å². The number of hydrogen-bond acceptors (Lipinski definition) is 6. The van der Waals surface area contributed by atoms with Gasteiger partial charge in [-0.3, -0.25) is 9.59 Å². The van der Waals surface area contributed by atoms with Crippen molar-refractivity contribution >= 4 is 27.8 Å². The number of furan rings is 1. The SMILES string of the molecule is CNC(=O)c1cc(=O)n(CCN2CCC(NCc3ccc4occc4c3)CC2)c2cc(OC)ccc12. The molecule has 1 aliphatic rings. The molecule has 3 heterocycles. The summed E-state index contributed by atoms with van der Waals surface area (Å²) in [4.78, 5) is 27.8. The first-order valence-electron chi connectivity index (χ1n) is 12.4. The normalized spacial score (nSPS) is 14.9. The predicted octanol–water partition coefficient (Wildman–Crippen LogP) is 3.37. The standard InChI is InChI=1S/C28H32N4O4/c1-29-28(34)24-17-27(33)32(25-16-22(35-2)4-5-23(24)25)13-12-31-10-7-21(8-11-31)30-18-19-3-6-26-20(15-19)9-14-36-26/h3-6,9,14-17,21,30H,7-8,10-13,18H2,1-2H3,(H,29,34). The first-order chi connectivity index (χ1) is 17.6. The summed E-state index contributed by atoms with van der Waals surface area (Å²) < 4.78 is 12.6. The van der Waals surface area contributed by atoms with Crippen molar-refractivity contribution in [2.24, 2.45) is 0 Å². The van der Waals surface area contributed by atoms with Gasteiger partial charge in [0.25, 0.3) is 11.5 Å². The lowest BCUT2D eigenvalue weighted by molar-refractivity contribution is 0.0964. The van der Waals surface area contributed by atoms with Crippen LogP contribution in [0.1, 0.15) is 28.8 Å². The molecular weight excluding hydrogens is 456 g/mol. The molecule has 0 spiro atoms. The summed E-state index contributed by atoms with van der Waals surface area (Å²) >= 11 is 0. The maximum Gasteiger partial charge on any atom is 0.251 e. The zero-order chi connectivity index (χ0) is 25.1. The molecule has 1 amide bonds. The Kier molecular flexibility index (Phi) is 7.06. The van der Waals surface area contributed by atoms with Crippen molar-refractivity contribution in [1.82, 2.24) is 20.1 Å². The molecule has 36 heavy (non-hydrogen) atoms. The Morgan fingerprint density at radius 1 is 1.08 bits per heavy atom. The Labute approximate surface area is 209 Å². The maximum absolute atomic E-state index is 13.0. The van der Waals surface area contributed by atoms with Crippen molar-refractivity contribution in [3.63, 3.8) is 0 Å². The van der Waals surface area contributed by atoms with Crippen LogP contribution in [0.25, 0.3) is 21.9 Å². The van der Waals surface area contributed by atoms with E-state index in [0.717, 1.165) is 55.4 Å². The highest BCUT2D eigenvalue weighted by molar-refractivity contribution is 6.06. The first-order valence-corrected chi connectivity index (χ1v) is 12.4. The first kappa shape index (κ1) is 24.1. The minimum absolute atomic E-state index is 0.180. The second-order valence-corrected chi connectivity index (χ2v) is 9.30. The predicted molar refractivity (Wildman–Crippen MR) is 141 cm³/mol. The molecule has 0 bridgehead atoms. The summed E-state index contributed by atoms with van der Waals surface area (Å²) in [6, 6.07) is 15.7. The number of aromatic nitrogens is 1. The molecule has 5 rings (SSSR count). The summed E-state index contributed by atoms with van der Waals surface area (Å²) in [6.07, 6.45) is 3.85. The smallest absolute Gasteiger partial charge is 0.251 e. The van der Waals surface area contributed by atoms with Gasteiger partial charge in [0.05, 0.1) is 24.5 Å². The van der Waals surface area contributed by atoms with Crippen LogP contribution in [-0.4, -0.2) is 55.2 Å². The van der Waals surface area contributed by atoms with Crippen molar-refractivity contribution in [2.45, 2.75) is 32.0 Å². The van der Waals surface area contributed by atoms with Gasteiger partial charge in [0, 0.05) is 55.6 Å². The molecule has 1 fully saturated rings. The van der Waals surface area contributed by atoms with Gasteiger partial charge in [-0.05, 0) is 61.8 Å². The van der Waals surface area contributed by atoms with Gasteiger partial charge >= 0.3 is 0 Å². The number of nitrogens with one attached hydrogen (secondary N) is 2. The Bertz CT molecular complexity index is 1430. The van der Waals surface area contributed by atoms with Crippen LogP contribution in [0.15, 0.2) is 64.0 Å². The summed E-state index contributed by atoms with van der Waals surface area (Å²) in [5.41, 5.74) is 3.09.